The summed E-state index contributed by atoms with van der Waals surface area (Å²) in [7, 11) is 0. The van der Waals surface area contributed by atoms with Gasteiger partial charge in [0.05, 0.1) is 12.5 Å². The Bertz CT molecular complexity index is 815. The van der Waals surface area contributed by atoms with Gasteiger partial charge in [-0.25, -0.2) is 0 Å². The maximum absolute atomic E-state index is 12.9. The summed E-state index contributed by atoms with van der Waals surface area (Å²) in [6, 6.07) is 9.89. The number of anilines is 1. The van der Waals surface area contributed by atoms with Gasteiger partial charge >= 0.3 is 0 Å². The fraction of sp³-hybridized carbons (Fsp3) is 0.400. The summed E-state index contributed by atoms with van der Waals surface area (Å²) in [6.45, 7) is 5.07. The number of benzene rings is 1. The Morgan fingerprint density at radius 2 is 2.08 bits per heavy atom. The zero-order chi connectivity index (χ0) is 18.7. The van der Waals surface area contributed by atoms with Crippen LogP contribution in [0.25, 0.3) is 0 Å². The molecular weight excluding hydrogens is 348 g/mol. The molecule has 0 saturated heterocycles. The molecular formula is C20H24N2O3S. The van der Waals surface area contributed by atoms with E-state index in [-0.39, 0.29) is 24.8 Å². The van der Waals surface area contributed by atoms with Crippen LogP contribution in [0.15, 0.2) is 30.3 Å². The molecule has 0 bridgehead atoms. The smallest absolute Gasteiger partial charge is 0.232 e. The first-order valence-corrected chi connectivity index (χ1v) is 9.65. The molecule has 0 aliphatic carbocycles. The Kier molecular flexibility index (Phi) is 5.74. The number of hydrogen-bond acceptors (Lipinski definition) is 4. The first kappa shape index (κ1) is 18.6. The third-order valence-corrected chi connectivity index (χ3v) is 5.60. The molecule has 5 nitrogen and oxygen atoms in total. The van der Waals surface area contributed by atoms with E-state index in [1.165, 1.54) is 4.88 Å². The summed E-state index contributed by atoms with van der Waals surface area (Å²) in [5.41, 5.74) is 2.77. The highest BCUT2D eigenvalue weighted by Crippen LogP contribution is 2.35. The minimum absolute atomic E-state index is 0.0409. The van der Waals surface area contributed by atoms with Crippen LogP contribution in [0.4, 0.5) is 5.69 Å². The fourth-order valence-electron chi connectivity index (χ4n) is 3.26. The van der Waals surface area contributed by atoms with Crippen LogP contribution in [0.1, 0.15) is 39.6 Å². The van der Waals surface area contributed by atoms with Crippen molar-refractivity contribution < 1.29 is 14.7 Å². The van der Waals surface area contributed by atoms with E-state index in [2.05, 4.69) is 5.32 Å². The van der Waals surface area contributed by atoms with Crippen molar-refractivity contribution in [2.45, 2.75) is 39.2 Å². The van der Waals surface area contributed by atoms with Crippen LogP contribution in [0.5, 0.6) is 0 Å². The third-order valence-electron chi connectivity index (χ3n) is 4.62. The number of thiophene rings is 1. The first-order valence-electron chi connectivity index (χ1n) is 8.83. The van der Waals surface area contributed by atoms with Crippen molar-refractivity contribution in [1.29, 1.82) is 0 Å². The average molecular weight is 372 g/mol. The first-order chi connectivity index (χ1) is 12.5. The standard InChI is InChI=1S/C20H24N2O3S/c1-13-4-7-18-16(10-13)17(20(25)21-18)11-19(24)22(8-3-9-23)12-15-6-5-14(2)26-15/h4-7,10,17,23H,3,8-9,11-12H2,1-2H3,(H,21,25)/t17-/m1/s1. The lowest BCUT2D eigenvalue weighted by molar-refractivity contribution is -0.134. The van der Waals surface area contributed by atoms with Crippen LogP contribution in [0.3, 0.4) is 0 Å². The van der Waals surface area contributed by atoms with Gasteiger partial charge in [-0.1, -0.05) is 17.7 Å². The second-order valence-corrected chi connectivity index (χ2v) is 8.11. The van der Waals surface area contributed by atoms with Crippen molar-refractivity contribution >= 4 is 28.8 Å². The molecule has 0 fully saturated rings. The molecule has 2 aromatic rings. The molecule has 26 heavy (non-hydrogen) atoms. The van der Waals surface area contributed by atoms with Gasteiger partial charge in [0.15, 0.2) is 0 Å². The number of aryl methyl sites for hydroxylation is 2. The summed E-state index contributed by atoms with van der Waals surface area (Å²) in [6.07, 6.45) is 0.681. The van der Waals surface area contributed by atoms with E-state index < -0.39 is 5.92 Å². The van der Waals surface area contributed by atoms with E-state index in [9.17, 15) is 9.59 Å². The van der Waals surface area contributed by atoms with Crippen molar-refractivity contribution in [3.63, 3.8) is 0 Å². The van der Waals surface area contributed by atoms with Crippen LogP contribution < -0.4 is 5.32 Å². The molecule has 2 heterocycles. The quantitative estimate of drug-likeness (QED) is 0.784. The van der Waals surface area contributed by atoms with E-state index >= 15 is 0 Å². The Hall–Kier alpha value is -2.18. The molecule has 1 aliphatic heterocycles. The Morgan fingerprint density at radius 1 is 1.27 bits per heavy atom. The molecule has 2 N–H and O–H groups in total. The highest BCUT2D eigenvalue weighted by atomic mass is 32.1. The van der Waals surface area contributed by atoms with Crippen LogP contribution in [0, 0.1) is 13.8 Å². The van der Waals surface area contributed by atoms with Crippen LogP contribution in [-0.4, -0.2) is 35.0 Å². The average Bonchev–Trinajstić information content (AvgIpc) is 3.15. The second-order valence-electron chi connectivity index (χ2n) is 6.74. The number of nitrogens with one attached hydrogen (secondary N) is 1. The predicted octanol–water partition coefficient (Wildman–Crippen LogP) is 3.20. The van der Waals surface area contributed by atoms with Crippen molar-refractivity contribution in [2.75, 3.05) is 18.5 Å². The summed E-state index contributed by atoms with van der Waals surface area (Å²) in [4.78, 5) is 29.3. The lowest BCUT2D eigenvalue weighted by atomic mass is 9.95. The molecule has 2 amide bonds. The number of rotatable bonds is 7. The topological polar surface area (TPSA) is 69.6 Å². The zero-order valence-corrected chi connectivity index (χ0v) is 15.9. The molecule has 0 unspecified atom stereocenters. The monoisotopic (exact) mass is 372 g/mol. The van der Waals surface area contributed by atoms with Gasteiger partial charge in [0.1, 0.15) is 0 Å². The molecule has 1 atom stereocenters. The number of carbonyl (C=O) groups excluding carboxylic acids is 2. The van der Waals surface area contributed by atoms with E-state index in [1.54, 1.807) is 16.2 Å². The Labute approximate surface area is 157 Å². The molecule has 0 radical (unpaired) electrons. The van der Waals surface area contributed by atoms with Crippen molar-refractivity contribution in [2.24, 2.45) is 0 Å². The SMILES string of the molecule is Cc1ccc2c(c1)[C@@H](CC(=O)N(CCCO)Cc1ccc(C)s1)C(=O)N2. The van der Waals surface area contributed by atoms with E-state index in [4.69, 9.17) is 5.11 Å². The minimum atomic E-state index is -0.445. The highest BCUT2D eigenvalue weighted by Gasteiger charge is 2.33. The molecule has 0 saturated carbocycles. The van der Waals surface area contributed by atoms with Gasteiger partial charge in [-0.3, -0.25) is 9.59 Å². The lowest BCUT2D eigenvalue weighted by Crippen LogP contribution is -2.33. The van der Waals surface area contributed by atoms with Gasteiger partial charge in [0, 0.05) is 35.0 Å². The van der Waals surface area contributed by atoms with Crippen molar-refractivity contribution in [3.05, 3.63) is 51.2 Å². The highest BCUT2D eigenvalue weighted by molar-refractivity contribution is 7.11. The largest absolute Gasteiger partial charge is 0.396 e. The van der Waals surface area contributed by atoms with Crippen molar-refractivity contribution in [3.8, 4) is 0 Å². The molecule has 6 heteroatoms. The predicted molar refractivity (Wildman–Crippen MR) is 103 cm³/mol. The van der Waals surface area contributed by atoms with Crippen LogP contribution in [0.2, 0.25) is 0 Å². The van der Waals surface area contributed by atoms with Gasteiger partial charge < -0.3 is 15.3 Å². The molecule has 1 aromatic heterocycles. The van der Waals surface area contributed by atoms with Gasteiger partial charge in [-0.15, -0.1) is 11.3 Å². The number of aliphatic hydroxyl groups is 1. The number of fused-ring (bicyclic) bond motifs is 1. The maximum atomic E-state index is 12.9. The van der Waals surface area contributed by atoms with E-state index in [0.717, 1.165) is 21.7 Å². The summed E-state index contributed by atoms with van der Waals surface area (Å²) in [5.74, 6) is -0.619. The normalized spacial score (nSPS) is 15.7. The Morgan fingerprint density at radius 3 is 2.77 bits per heavy atom. The molecule has 1 aromatic carbocycles. The number of nitrogens with zero attached hydrogens (tertiary/aromatic N) is 1. The summed E-state index contributed by atoms with van der Waals surface area (Å²) in [5, 5.41) is 12.0. The van der Waals surface area contributed by atoms with Crippen LogP contribution in [-0.2, 0) is 16.1 Å². The van der Waals surface area contributed by atoms with E-state index in [1.807, 2.05) is 44.2 Å². The van der Waals surface area contributed by atoms with Gasteiger partial charge in [0.2, 0.25) is 11.8 Å². The Balaban J connectivity index is 1.75. The lowest BCUT2D eigenvalue weighted by Gasteiger charge is -2.23. The maximum Gasteiger partial charge on any atom is 0.232 e. The zero-order valence-electron chi connectivity index (χ0n) is 15.1. The number of aliphatic hydroxyl groups excluding tert-OH is 1. The van der Waals surface area contributed by atoms with Gasteiger partial charge in [-0.05, 0) is 44.0 Å². The number of hydrogen-bond donors (Lipinski definition) is 2. The molecule has 138 valence electrons. The van der Waals surface area contributed by atoms with Gasteiger partial charge in [-0.2, -0.15) is 0 Å². The molecule has 0 spiro atoms. The molecule has 1 aliphatic rings. The second kappa shape index (κ2) is 8.01. The van der Waals surface area contributed by atoms with Gasteiger partial charge in [0.25, 0.3) is 0 Å². The molecule has 3 rings (SSSR count). The van der Waals surface area contributed by atoms with E-state index in [0.29, 0.717) is 19.5 Å². The third kappa shape index (κ3) is 4.14. The van der Waals surface area contributed by atoms with Crippen molar-refractivity contribution in [1.82, 2.24) is 4.90 Å². The number of carbonyl (C=O) groups is 2. The fourth-order valence-corrected chi connectivity index (χ4v) is 4.17. The minimum Gasteiger partial charge on any atom is -0.396 e. The van der Waals surface area contributed by atoms with Crippen LogP contribution >= 0.6 is 11.3 Å². The summed E-state index contributed by atoms with van der Waals surface area (Å²) < 4.78 is 0. The number of amides is 2. The summed E-state index contributed by atoms with van der Waals surface area (Å²) >= 11 is 1.67.